The van der Waals surface area contributed by atoms with Gasteiger partial charge in [0.05, 0.1) is 6.61 Å². The molecule has 0 atom stereocenters. The Bertz CT molecular complexity index is 470. The van der Waals surface area contributed by atoms with Gasteiger partial charge in [-0.2, -0.15) is 0 Å². The van der Waals surface area contributed by atoms with Crippen LogP contribution in [0.1, 0.15) is 16.7 Å². The van der Waals surface area contributed by atoms with E-state index in [1.807, 2.05) is 6.07 Å². The van der Waals surface area contributed by atoms with Crippen LogP contribution in [-0.4, -0.2) is 59.2 Å². The number of nitrogens with two attached hydrogens (primary N) is 1. The number of piperazine rings is 1. The molecule has 1 fully saturated rings. The van der Waals surface area contributed by atoms with E-state index >= 15 is 0 Å². The zero-order chi connectivity index (χ0) is 14.5. The summed E-state index contributed by atoms with van der Waals surface area (Å²) >= 11 is 5.01. The van der Waals surface area contributed by atoms with Crippen LogP contribution in [0.5, 0.6) is 0 Å². The van der Waals surface area contributed by atoms with E-state index in [9.17, 15) is 0 Å². The molecule has 0 aliphatic carbocycles. The highest BCUT2D eigenvalue weighted by Crippen LogP contribution is 2.15. The lowest BCUT2D eigenvalue weighted by molar-refractivity contribution is 0.108. The third-order valence-corrected chi connectivity index (χ3v) is 4.14. The van der Waals surface area contributed by atoms with Crippen molar-refractivity contribution < 1.29 is 5.11 Å². The smallest absolute Gasteiger partial charge is 0.103 e. The quantitative estimate of drug-likeness (QED) is 0.784. The fourth-order valence-corrected chi connectivity index (χ4v) is 2.71. The molecule has 0 spiro atoms. The van der Waals surface area contributed by atoms with Crippen LogP contribution in [0, 0.1) is 6.92 Å². The SMILES string of the molecule is Cc1cc(C(N)=S)ccc1CN1CCN(CCO)CC1. The van der Waals surface area contributed by atoms with Gasteiger partial charge in [-0.15, -0.1) is 0 Å². The maximum Gasteiger partial charge on any atom is 0.103 e. The predicted octanol–water partition coefficient (Wildman–Crippen LogP) is 0.739. The molecule has 3 N–H and O–H groups in total. The number of aliphatic hydroxyl groups excluding tert-OH is 1. The van der Waals surface area contributed by atoms with Crippen LogP contribution in [-0.2, 0) is 6.54 Å². The van der Waals surface area contributed by atoms with Gasteiger partial charge >= 0.3 is 0 Å². The summed E-state index contributed by atoms with van der Waals surface area (Å²) in [5.74, 6) is 0. The number of hydrogen-bond acceptors (Lipinski definition) is 4. The number of rotatable bonds is 5. The van der Waals surface area contributed by atoms with Gasteiger partial charge in [-0.25, -0.2) is 0 Å². The zero-order valence-corrected chi connectivity index (χ0v) is 12.8. The van der Waals surface area contributed by atoms with Gasteiger partial charge in [-0.05, 0) is 24.1 Å². The number of aryl methyl sites for hydroxylation is 1. The highest BCUT2D eigenvalue weighted by molar-refractivity contribution is 7.80. The summed E-state index contributed by atoms with van der Waals surface area (Å²) in [6, 6.07) is 6.20. The summed E-state index contributed by atoms with van der Waals surface area (Å²) in [5.41, 5.74) is 9.17. The van der Waals surface area contributed by atoms with Gasteiger partial charge in [0.25, 0.3) is 0 Å². The van der Waals surface area contributed by atoms with E-state index in [1.165, 1.54) is 11.1 Å². The first-order valence-electron chi connectivity index (χ1n) is 7.05. The number of aliphatic hydroxyl groups is 1. The van der Waals surface area contributed by atoms with Gasteiger partial charge in [-0.1, -0.05) is 24.4 Å². The molecule has 2 rings (SSSR count). The van der Waals surface area contributed by atoms with Crippen molar-refractivity contribution in [2.75, 3.05) is 39.3 Å². The molecule has 1 aromatic rings. The molecule has 0 unspecified atom stereocenters. The second-order valence-corrected chi connectivity index (χ2v) is 5.79. The molecular weight excluding hydrogens is 270 g/mol. The van der Waals surface area contributed by atoms with Crippen LogP contribution in [0.4, 0.5) is 0 Å². The van der Waals surface area contributed by atoms with Gasteiger partial charge in [0.1, 0.15) is 4.99 Å². The molecule has 1 aliphatic rings. The minimum Gasteiger partial charge on any atom is -0.395 e. The molecule has 1 heterocycles. The maximum absolute atomic E-state index is 8.95. The lowest BCUT2D eigenvalue weighted by Gasteiger charge is -2.34. The van der Waals surface area contributed by atoms with Crippen molar-refractivity contribution >= 4 is 17.2 Å². The predicted molar refractivity (Wildman–Crippen MR) is 85.9 cm³/mol. The number of thiocarbonyl (C=S) groups is 1. The molecule has 0 amide bonds. The molecule has 5 heteroatoms. The molecule has 1 saturated heterocycles. The number of benzene rings is 1. The molecule has 0 aromatic heterocycles. The summed E-state index contributed by atoms with van der Waals surface area (Å²) in [5, 5.41) is 8.95. The molecule has 1 aliphatic heterocycles. The normalized spacial score (nSPS) is 17.3. The van der Waals surface area contributed by atoms with Crippen LogP contribution < -0.4 is 5.73 Å². The number of nitrogens with zero attached hydrogens (tertiary/aromatic N) is 2. The highest BCUT2D eigenvalue weighted by atomic mass is 32.1. The topological polar surface area (TPSA) is 52.7 Å². The monoisotopic (exact) mass is 293 g/mol. The van der Waals surface area contributed by atoms with Gasteiger partial charge in [0.15, 0.2) is 0 Å². The Hall–Kier alpha value is -1.01. The molecule has 1 aromatic carbocycles. The Balaban J connectivity index is 1.93. The van der Waals surface area contributed by atoms with Gasteiger partial charge in [-0.3, -0.25) is 9.80 Å². The Morgan fingerprint density at radius 1 is 1.25 bits per heavy atom. The van der Waals surface area contributed by atoms with E-state index in [1.54, 1.807) is 0 Å². The first-order valence-corrected chi connectivity index (χ1v) is 7.46. The highest BCUT2D eigenvalue weighted by Gasteiger charge is 2.17. The molecule has 4 nitrogen and oxygen atoms in total. The Morgan fingerprint density at radius 2 is 1.90 bits per heavy atom. The van der Waals surface area contributed by atoms with Crippen LogP contribution in [0.3, 0.4) is 0 Å². The van der Waals surface area contributed by atoms with Gasteiger partial charge in [0.2, 0.25) is 0 Å². The Labute approximate surface area is 126 Å². The fourth-order valence-electron chi connectivity index (χ4n) is 2.58. The van der Waals surface area contributed by atoms with Crippen molar-refractivity contribution in [1.29, 1.82) is 0 Å². The first-order chi connectivity index (χ1) is 9.60. The summed E-state index contributed by atoms with van der Waals surface area (Å²) in [6.07, 6.45) is 0. The van der Waals surface area contributed by atoms with Crippen molar-refractivity contribution in [3.63, 3.8) is 0 Å². The van der Waals surface area contributed by atoms with E-state index in [0.717, 1.165) is 44.8 Å². The van der Waals surface area contributed by atoms with Crippen LogP contribution in [0.2, 0.25) is 0 Å². The van der Waals surface area contributed by atoms with E-state index < -0.39 is 0 Å². The average molecular weight is 293 g/mol. The molecule has 0 radical (unpaired) electrons. The zero-order valence-electron chi connectivity index (χ0n) is 12.0. The van der Waals surface area contributed by atoms with E-state index in [4.69, 9.17) is 23.1 Å². The standard InChI is InChI=1S/C15H23N3OS/c1-12-10-13(15(16)20)2-3-14(12)11-18-6-4-17(5-7-18)8-9-19/h2-3,10,19H,4-9,11H2,1H3,(H2,16,20). The van der Waals surface area contributed by atoms with Crippen LogP contribution in [0.15, 0.2) is 18.2 Å². The summed E-state index contributed by atoms with van der Waals surface area (Å²) in [4.78, 5) is 5.22. The largest absolute Gasteiger partial charge is 0.395 e. The first kappa shape index (κ1) is 15.4. The molecule has 0 bridgehead atoms. The third-order valence-electron chi connectivity index (χ3n) is 3.90. The molecule has 20 heavy (non-hydrogen) atoms. The van der Waals surface area contributed by atoms with Gasteiger partial charge < -0.3 is 10.8 Å². The second-order valence-electron chi connectivity index (χ2n) is 5.35. The van der Waals surface area contributed by atoms with Crippen LogP contribution >= 0.6 is 12.2 Å². The molecule has 0 saturated carbocycles. The average Bonchev–Trinajstić information content (AvgIpc) is 2.43. The second kappa shape index (κ2) is 7.13. The minimum absolute atomic E-state index is 0.250. The third kappa shape index (κ3) is 3.99. The minimum atomic E-state index is 0.250. The summed E-state index contributed by atoms with van der Waals surface area (Å²) in [6.45, 7) is 8.28. The van der Waals surface area contributed by atoms with E-state index in [-0.39, 0.29) is 6.61 Å². The van der Waals surface area contributed by atoms with Crippen molar-refractivity contribution in [1.82, 2.24) is 9.80 Å². The Morgan fingerprint density at radius 3 is 2.45 bits per heavy atom. The molecule has 110 valence electrons. The van der Waals surface area contributed by atoms with Crippen molar-refractivity contribution in [2.24, 2.45) is 5.73 Å². The van der Waals surface area contributed by atoms with Crippen molar-refractivity contribution in [3.8, 4) is 0 Å². The molecular formula is C15H23N3OS. The van der Waals surface area contributed by atoms with Gasteiger partial charge in [0, 0.05) is 44.8 Å². The maximum atomic E-state index is 8.95. The fraction of sp³-hybridized carbons (Fsp3) is 0.533. The lowest BCUT2D eigenvalue weighted by atomic mass is 10.0. The Kier molecular flexibility index (Phi) is 5.48. The van der Waals surface area contributed by atoms with E-state index in [0.29, 0.717) is 4.99 Å². The van der Waals surface area contributed by atoms with Crippen molar-refractivity contribution in [3.05, 3.63) is 34.9 Å². The lowest BCUT2D eigenvalue weighted by Crippen LogP contribution is -2.46. The van der Waals surface area contributed by atoms with E-state index in [2.05, 4.69) is 28.9 Å². The van der Waals surface area contributed by atoms with Crippen LogP contribution in [0.25, 0.3) is 0 Å². The van der Waals surface area contributed by atoms with Crippen molar-refractivity contribution in [2.45, 2.75) is 13.5 Å². The summed E-state index contributed by atoms with van der Waals surface area (Å²) < 4.78 is 0. The summed E-state index contributed by atoms with van der Waals surface area (Å²) in [7, 11) is 0. The number of hydrogen-bond donors (Lipinski definition) is 2. The number of β-amino-alcohol motifs (C(OH)–C–C–N with tert-alkyl or cyclic N) is 1.